The summed E-state index contributed by atoms with van der Waals surface area (Å²) in [6.45, 7) is 5.90. The van der Waals surface area contributed by atoms with Crippen molar-refractivity contribution in [3.63, 3.8) is 0 Å². The number of primary amides is 1. The summed E-state index contributed by atoms with van der Waals surface area (Å²) in [6, 6.07) is 7.14. The van der Waals surface area contributed by atoms with E-state index in [9.17, 15) is 14.4 Å². The van der Waals surface area contributed by atoms with Crippen molar-refractivity contribution in [1.29, 1.82) is 0 Å². The number of para-hydroxylation sites is 1. The number of aromatic nitrogens is 3. The molecule has 0 saturated carbocycles. The van der Waals surface area contributed by atoms with E-state index in [-0.39, 0.29) is 21.2 Å². The zero-order chi connectivity index (χ0) is 25.7. The van der Waals surface area contributed by atoms with E-state index in [2.05, 4.69) is 15.5 Å². The Morgan fingerprint density at radius 2 is 2.00 bits per heavy atom. The Kier molecular flexibility index (Phi) is 8.76. The van der Waals surface area contributed by atoms with E-state index in [4.69, 9.17) is 26.8 Å². The van der Waals surface area contributed by atoms with E-state index in [0.29, 0.717) is 33.9 Å². The van der Waals surface area contributed by atoms with Crippen molar-refractivity contribution < 1.29 is 23.9 Å². The lowest BCUT2D eigenvalue weighted by Crippen LogP contribution is -2.17. The number of benzene rings is 1. The fraction of sp³-hybridized carbons (Fsp3) is 0.318. The number of hydrogen-bond acceptors (Lipinski definition) is 9. The molecule has 3 aromatic rings. The number of carbonyl (C=O) groups excluding carboxylic acids is 3. The molecule has 10 nitrogen and oxygen atoms in total. The Balaban J connectivity index is 1.72. The van der Waals surface area contributed by atoms with E-state index in [1.807, 2.05) is 30.5 Å². The number of esters is 1. The van der Waals surface area contributed by atoms with Gasteiger partial charge in [0.2, 0.25) is 5.91 Å². The van der Waals surface area contributed by atoms with Crippen molar-refractivity contribution in [2.24, 2.45) is 5.73 Å². The van der Waals surface area contributed by atoms with Crippen molar-refractivity contribution in [1.82, 2.24) is 14.8 Å². The Hall–Kier alpha value is -3.09. The molecule has 0 bridgehead atoms. The van der Waals surface area contributed by atoms with Crippen LogP contribution in [-0.4, -0.2) is 45.4 Å². The number of nitrogens with one attached hydrogen (secondary N) is 1. The fourth-order valence-electron chi connectivity index (χ4n) is 3.27. The molecule has 3 rings (SSSR count). The van der Waals surface area contributed by atoms with Crippen LogP contribution in [0.3, 0.4) is 0 Å². The van der Waals surface area contributed by atoms with Gasteiger partial charge in [0, 0.05) is 6.54 Å². The number of ether oxygens (including phenoxy) is 2. The molecule has 1 aromatic carbocycles. The first kappa shape index (κ1) is 26.5. The van der Waals surface area contributed by atoms with Crippen molar-refractivity contribution in [2.75, 3.05) is 18.2 Å². The number of rotatable bonds is 10. The van der Waals surface area contributed by atoms with Gasteiger partial charge in [-0.3, -0.25) is 9.59 Å². The predicted octanol–water partition coefficient (Wildman–Crippen LogP) is 4.08. The number of halogens is 1. The molecule has 0 aliphatic carbocycles. The lowest BCUT2D eigenvalue weighted by Gasteiger charge is -2.16. The summed E-state index contributed by atoms with van der Waals surface area (Å²) in [5, 5.41) is 12.3. The summed E-state index contributed by atoms with van der Waals surface area (Å²) in [5.41, 5.74) is 5.85. The first-order valence-electron chi connectivity index (χ1n) is 10.5. The third-order valence-electron chi connectivity index (χ3n) is 4.91. The number of nitrogens with zero attached hydrogens (tertiary/aromatic N) is 3. The van der Waals surface area contributed by atoms with Crippen LogP contribution in [-0.2, 0) is 16.1 Å². The van der Waals surface area contributed by atoms with Crippen LogP contribution in [0.4, 0.5) is 5.00 Å². The molecular formula is C22H24ClN5O5S2. The minimum absolute atomic E-state index is 0.0125. The van der Waals surface area contributed by atoms with Crippen LogP contribution in [0.15, 0.2) is 29.4 Å². The van der Waals surface area contributed by atoms with Gasteiger partial charge in [-0.2, -0.15) is 0 Å². The standard InChI is InChI=1S/C22H24ClN5O5S2/c1-5-28-19(12(3)33-14-9-7-6-8-13(14)23)26-27-22(28)34-10-15(29)25-20-16(21(31)32-4)11(2)17(35-20)18(24)30/h6-9,12H,5,10H2,1-4H3,(H2,24,30)(H,25,29). The smallest absolute Gasteiger partial charge is 0.341 e. The molecule has 2 aromatic heterocycles. The monoisotopic (exact) mass is 537 g/mol. The van der Waals surface area contributed by atoms with Gasteiger partial charge < -0.3 is 25.1 Å². The zero-order valence-corrected chi connectivity index (χ0v) is 21.8. The summed E-state index contributed by atoms with van der Waals surface area (Å²) in [4.78, 5) is 36.7. The first-order valence-corrected chi connectivity index (χ1v) is 12.6. The van der Waals surface area contributed by atoms with Crippen LogP contribution < -0.4 is 15.8 Å². The van der Waals surface area contributed by atoms with Crippen LogP contribution in [0.2, 0.25) is 5.02 Å². The third-order valence-corrected chi connectivity index (χ3v) is 7.41. The molecular weight excluding hydrogens is 514 g/mol. The highest BCUT2D eigenvalue weighted by Crippen LogP contribution is 2.34. The third kappa shape index (κ3) is 5.95. The van der Waals surface area contributed by atoms with Gasteiger partial charge in [0.1, 0.15) is 10.8 Å². The van der Waals surface area contributed by atoms with Gasteiger partial charge in [0.05, 0.1) is 28.3 Å². The lowest BCUT2D eigenvalue weighted by molar-refractivity contribution is -0.113. The van der Waals surface area contributed by atoms with E-state index >= 15 is 0 Å². The molecule has 0 radical (unpaired) electrons. The number of hydrogen-bond donors (Lipinski definition) is 2. The molecule has 2 amide bonds. The Morgan fingerprint density at radius 1 is 1.29 bits per heavy atom. The highest BCUT2D eigenvalue weighted by molar-refractivity contribution is 7.99. The van der Waals surface area contributed by atoms with Crippen molar-refractivity contribution >= 4 is 57.5 Å². The quantitative estimate of drug-likeness (QED) is 0.291. The molecule has 0 fully saturated rings. The number of carbonyl (C=O) groups is 3. The average molecular weight is 538 g/mol. The largest absolute Gasteiger partial charge is 0.481 e. The Morgan fingerprint density at radius 3 is 2.63 bits per heavy atom. The normalized spacial score (nSPS) is 11.7. The van der Waals surface area contributed by atoms with Crippen LogP contribution in [0.25, 0.3) is 0 Å². The maximum atomic E-state index is 12.7. The van der Waals surface area contributed by atoms with E-state index in [1.54, 1.807) is 19.1 Å². The average Bonchev–Trinajstić information content (AvgIpc) is 3.39. The molecule has 35 heavy (non-hydrogen) atoms. The van der Waals surface area contributed by atoms with E-state index < -0.39 is 23.9 Å². The molecule has 186 valence electrons. The maximum absolute atomic E-state index is 12.7. The summed E-state index contributed by atoms with van der Waals surface area (Å²) in [6.07, 6.45) is -0.436. The molecule has 1 atom stereocenters. The molecule has 0 saturated heterocycles. The van der Waals surface area contributed by atoms with Gasteiger partial charge in [-0.25, -0.2) is 4.79 Å². The second-order valence-electron chi connectivity index (χ2n) is 7.23. The van der Waals surface area contributed by atoms with E-state index in [0.717, 1.165) is 11.3 Å². The minimum Gasteiger partial charge on any atom is -0.481 e. The van der Waals surface area contributed by atoms with Gasteiger partial charge in [0.25, 0.3) is 5.91 Å². The molecule has 3 N–H and O–H groups in total. The molecule has 0 aliphatic rings. The van der Waals surface area contributed by atoms with Gasteiger partial charge in [-0.15, -0.1) is 21.5 Å². The van der Waals surface area contributed by atoms with Crippen molar-refractivity contribution in [3.05, 3.63) is 51.1 Å². The second-order valence-corrected chi connectivity index (χ2v) is 9.60. The van der Waals surface area contributed by atoms with Crippen LogP contribution in [0, 0.1) is 6.92 Å². The topological polar surface area (TPSA) is 138 Å². The predicted molar refractivity (Wildman–Crippen MR) is 134 cm³/mol. The molecule has 1 unspecified atom stereocenters. The maximum Gasteiger partial charge on any atom is 0.341 e. The SMILES string of the molecule is CCn1c(SCC(=O)Nc2sc(C(N)=O)c(C)c2C(=O)OC)nnc1C(C)Oc1ccccc1Cl. The van der Waals surface area contributed by atoms with Gasteiger partial charge in [-0.1, -0.05) is 35.5 Å². The number of methoxy groups -OCH3 is 1. The molecule has 2 heterocycles. The van der Waals surface area contributed by atoms with Gasteiger partial charge in [0.15, 0.2) is 17.1 Å². The highest BCUT2D eigenvalue weighted by Gasteiger charge is 2.26. The van der Waals surface area contributed by atoms with Gasteiger partial charge >= 0.3 is 5.97 Å². The molecule has 0 spiro atoms. The van der Waals surface area contributed by atoms with Crippen molar-refractivity contribution in [2.45, 2.75) is 38.6 Å². The summed E-state index contributed by atoms with van der Waals surface area (Å²) in [7, 11) is 1.22. The Labute approximate surface area is 215 Å². The summed E-state index contributed by atoms with van der Waals surface area (Å²) in [5.74, 6) is -0.653. The lowest BCUT2D eigenvalue weighted by atomic mass is 10.1. The number of nitrogens with two attached hydrogens (primary N) is 1. The van der Waals surface area contributed by atoms with Gasteiger partial charge in [-0.05, 0) is 38.5 Å². The second kappa shape index (κ2) is 11.6. The highest BCUT2D eigenvalue weighted by atomic mass is 35.5. The molecule has 0 aliphatic heterocycles. The van der Waals surface area contributed by atoms with E-state index in [1.165, 1.54) is 18.9 Å². The number of thiophene rings is 1. The number of anilines is 1. The van der Waals surface area contributed by atoms with Crippen molar-refractivity contribution in [3.8, 4) is 5.75 Å². The van der Waals surface area contributed by atoms with Crippen LogP contribution >= 0.6 is 34.7 Å². The Bertz CT molecular complexity index is 1260. The number of thioether (sulfide) groups is 1. The summed E-state index contributed by atoms with van der Waals surface area (Å²) < 4.78 is 12.6. The van der Waals surface area contributed by atoms with Crippen LogP contribution in [0.5, 0.6) is 5.75 Å². The number of amides is 2. The van der Waals surface area contributed by atoms with Crippen LogP contribution in [0.1, 0.15) is 51.4 Å². The first-order chi connectivity index (χ1) is 16.7. The summed E-state index contributed by atoms with van der Waals surface area (Å²) >= 11 is 8.29. The fourth-order valence-corrected chi connectivity index (χ4v) is 5.32. The zero-order valence-electron chi connectivity index (χ0n) is 19.5. The minimum atomic E-state index is -0.691. The molecule has 13 heteroatoms.